The van der Waals surface area contributed by atoms with Crippen molar-refractivity contribution in [3.05, 3.63) is 0 Å². The van der Waals surface area contributed by atoms with E-state index in [-0.39, 0.29) is 0 Å². The zero-order valence-electron chi connectivity index (χ0n) is 11.0. The van der Waals surface area contributed by atoms with Gasteiger partial charge in [-0.2, -0.15) is 11.8 Å². The maximum Gasteiger partial charge on any atom is 0.00692 e. The summed E-state index contributed by atoms with van der Waals surface area (Å²) in [6.07, 6.45) is 10.4. The van der Waals surface area contributed by atoms with E-state index in [0.717, 1.165) is 6.54 Å². The van der Waals surface area contributed by atoms with Crippen molar-refractivity contribution < 1.29 is 0 Å². The highest BCUT2D eigenvalue weighted by molar-refractivity contribution is 7.98. The van der Waals surface area contributed by atoms with Crippen LogP contribution in [0.1, 0.15) is 38.5 Å². The predicted molar refractivity (Wildman–Crippen MR) is 75.1 cm³/mol. The molecular formula is C13H28N2S. The smallest absolute Gasteiger partial charge is 0.00692 e. The summed E-state index contributed by atoms with van der Waals surface area (Å²) in [5, 5.41) is 0. The van der Waals surface area contributed by atoms with Gasteiger partial charge in [0.25, 0.3) is 0 Å². The third-order valence-corrected chi connectivity index (χ3v) is 4.64. The summed E-state index contributed by atoms with van der Waals surface area (Å²) in [5.74, 6) is 1.24. The molecule has 2 N–H and O–H groups in total. The van der Waals surface area contributed by atoms with Crippen LogP contribution < -0.4 is 5.73 Å². The Hall–Kier alpha value is 0.270. The molecule has 1 aliphatic carbocycles. The van der Waals surface area contributed by atoms with Crippen LogP contribution in [0.5, 0.6) is 0 Å². The first kappa shape index (κ1) is 14.3. The number of nitrogens with two attached hydrogens (primary N) is 1. The summed E-state index contributed by atoms with van der Waals surface area (Å²) < 4.78 is 0. The van der Waals surface area contributed by atoms with Gasteiger partial charge in [-0.05, 0) is 51.1 Å². The minimum atomic E-state index is 0.478. The van der Waals surface area contributed by atoms with Gasteiger partial charge in [0.2, 0.25) is 0 Å². The van der Waals surface area contributed by atoms with Gasteiger partial charge >= 0.3 is 0 Å². The van der Waals surface area contributed by atoms with Crippen molar-refractivity contribution >= 4 is 11.8 Å². The van der Waals surface area contributed by atoms with Gasteiger partial charge in [-0.3, -0.25) is 0 Å². The van der Waals surface area contributed by atoms with E-state index in [2.05, 4.69) is 18.2 Å². The SMILES string of the molecule is CSCCN(C)CCC1(CN)CCCCC1. The molecule has 0 saturated heterocycles. The lowest BCUT2D eigenvalue weighted by Crippen LogP contribution is -2.36. The predicted octanol–water partition coefficient (Wildman–Crippen LogP) is 2.58. The normalized spacial score (nSPS) is 20.2. The highest BCUT2D eigenvalue weighted by Gasteiger charge is 2.30. The van der Waals surface area contributed by atoms with Crippen LogP contribution in [0.15, 0.2) is 0 Å². The van der Waals surface area contributed by atoms with Gasteiger partial charge < -0.3 is 10.6 Å². The van der Waals surface area contributed by atoms with Crippen molar-refractivity contribution in [1.82, 2.24) is 4.90 Å². The van der Waals surface area contributed by atoms with Gasteiger partial charge in [0.15, 0.2) is 0 Å². The molecule has 0 bridgehead atoms. The van der Waals surface area contributed by atoms with Crippen LogP contribution in [0.25, 0.3) is 0 Å². The molecule has 0 aromatic carbocycles. The molecule has 0 aliphatic heterocycles. The Morgan fingerprint density at radius 1 is 1.19 bits per heavy atom. The maximum absolute atomic E-state index is 6.00. The number of thioether (sulfide) groups is 1. The molecule has 0 atom stereocenters. The highest BCUT2D eigenvalue weighted by atomic mass is 32.2. The summed E-state index contributed by atoms with van der Waals surface area (Å²) in [7, 11) is 2.24. The molecule has 0 aromatic rings. The molecule has 0 unspecified atom stereocenters. The fourth-order valence-electron chi connectivity index (χ4n) is 2.64. The molecule has 1 fully saturated rings. The van der Waals surface area contributed by atoms with Crippen molar-refractivity contribution in [2.24, 2.45) is 11.1 Å². The fraction of sp³-hybridized carbons (Fsp3) is 1.00. The van der Waals surface area contributed by atoms with E-state index in [4.69, 9.17) is 5.73 Å². The Kier molecular flexibility index (Phi) is 6.78. The molecule has 16 heavy (non-hydrogen) atoms. The summed E-state index contributed by atoms with van der Waals surface area (Å²) in [6.45, 7) is 3.32. The van der Waals surface area contributed by atoms with Crippen LogP contribution >= 0.6 is 11.8 Å². The molecule has 2 nitrogen and oxygen atoms in total. The molecule has 0 aromatic heterocycles. The van der Waals surface area contributed by atoms with Crippen LogP contribution in [0.3, 0.4) is 0 Å². The van der Waals surface area contributed by atoms with Crippen LogP contribution in [0.2, 0.25) is 0 Å². The van der Waals surface area contributed by atoms with Crippen molar-refractivity contribution in [2.75, 3.05) is 38.7 Å². The first-order valence-corrected chi connectivity index (χ1v) is 7.99. The largest absolute Gasteiger partial charge is 0.330 e. The minimum Gasteiger partial charge on any atom is -0.330 e. The Morgan fingerprint density at radius 2 is 1.88 bits per heavy atom. The van der Waals surface area contributed by atoms with Gasteiger partial charge in [0.05, 0.1) is 0 Å². The fourth-order valence-corrected chi connectivity index (χ4v) is 3.14. The van der Waals surface area contributed by atoms with E-state index < -0.39 is 0 Å². The summed E-state index contributed by atoms with van der Waals surface area (Å²) in [5.41, 5.74) is 6.48. The molecule has 1 aliphatic rings. The van der Waals surface area contributed by atoms with Crippen LogP contribution in [-0.4, -0.2) is 43.6 Å². The van der Waals surface area contributed by atoms with E-state index in [9.17, 15) is 0 Å². The Balaban J connectivity index is 2.27. The third-order valence-electron chi connectivity index (χ3n) is 4.05. The quantitative estimate of drug-likeness (QED) is 0.746. The monoisotopic (exact) mass is 244 g/mol. The minimum absolute atomic E-state index is 0.478. The second-order valence-corrected chi connectivity index (χ2v) is 6.30. The topological polar surface area (TPSA) is 29.3 Å². The number of hydrogen-bond donors (Lipinski definition) is 1. The average molecular weight is 244 g/mol. The Morgan fingerprint density at radius 3 is 2.44 bits per heavy atom. The number of hydrogen-bond acceptors (Lipinski definition) is 3. The van der Waals surface area contributed by atoms with Gasteiger partial charge in [-0.25, -0.2) is 0 Å². The lowest BCUT2D eigenvalue weighted by atomic mass is 9.72. The van der Waals surface area contributed by atoms with Crippen LogP contribution in [0.4, 0.5) is 0 Å². The van der Waals surface area contributed by atoms with Crippen molar-refractivity contribution in [2.45, 2.75) is 38.5 Å². The zero-order chi connectivity index (χ0) is 11.9. The molecule has 1 saturated carbocycles. The van der Waals surface area contributed by atoms with E-state index in [1.165, 1.54) is 57.4 Å². The Bertz CT molecular complexity index is 179. The molecule has 0 amide bonds. The lowest BCUT2D eigenvalue weighted by Gasteiger charge is -2.37. The van der Waals surface area contributed by atoms with E-state index >= 15 is 0 Å². The van der Waals surface area contributed by atoms with Gasteiger partial charge in [0, 0.05) is 12.3 Å². The summed E-state index contributed by atoms with van der Waals surface area (Å²) in [4.78, 5) is 2.46. The van der Waals surface area contributed by atoms with E-state index in [1.807, 2.05) is 11.8 Å². The van der Waals surface area contributed by atoms with Gasteiger partial charge in [-0.15, -0.1) is 0 Å². The van der Waals surface area contributed by atoms with Crippen molar-refractivity contribution in [3.8, 4) is 0 Å². The zero-order valence-corrected chi connectivity index (χ0v) is 11.8. The molecule has 0 radical (unpaired) electrons. The van der Waals surface area contributed by atoms with Gasteiger partial charge in [0.1, 0.15) is 0 Å². The summed E-state index contributed by atoms with van der Waals surface area (Å²) in [6, 6.07) is 0. The van der Waals surface area contributed by atoms with Gasteiger partial charge in [-0.1, -0.05) is 19.3 Å². The average Bonchev–Trinajstić information content (AvgIpc) is 2.35. The second kappa shape index (κ2) is 7.57. The molecule has 1 rings (SSSR count). The highest BCUT2D eigenvalue weighted by Crippen LogP contribution is 2.38. The first-order valence-electron chi connectivity index (χ1n) is 6.60. The summed E-state index contributed by atoms with van der Waals surface area (Å²) >= 11 is 1.93. The molecular weight excluding hydrogens is 216 g/mol. The molecule has 0 spiro atoms. The molecule has 96 valence electrons. The maximum atomic E-state index is 6.00. The molecule has 0 heterocycles. The Labute approximate surface area is 105 Å². The number of rotatable bonds is 7. The molecule has 3 heteroatoms. The van der Waals surface area contributed by atoms with Crippen LogP contribution in [0, 0.1) is 5.41 Å². The standard InChI is InChI=1S/C13H28N2S/c1-15(10-11-16-2)9-8-13(12-14)6-4-3-5-7-13/h3-12,14H2,1-2H3. The van der Waals surface area contributed by atoms with Crippen molar-refractivity contribution in [1.29, 1.82) is 0 Å². The first-order chi connectivity index (χ1) is 7.72. The number of nitrogens with zero attached hydrogens (tertiary/aromatic N) is 1. The third kappa shape index (κ3) is 4.64. The van der Waals surface area contributed by atoms with Crippen LogP contribution in [-0.2, 0) is 0 Å². The van der Waals surface area contributed by atoms with Crippen molar-refractivity contribution in [3.63, 3.8) is 0 Å². The lowest BCUT2D eigenvalue weighted by molar-refractivity contribution is 0.158. The van der Waals surface area contributed by atoms with E-state index in [1.54, 1.807) is 0 Å². The van der Waals surface area contributed by atoms with E-state index in [0.29, 0.717) is 5.41 Å². The second-order valence-electron chi connectivity index (χ2n) is 5.31.